The Hall–Kier alpha value is -1.34. The predicted molar refractivity (Wildman–Crippen MR) is 65.7 cm³/mol. The molecular weight excluding hydrogens is 252 g/mol. The van der Waals surface area contributed by atoms with Crippen LogP contribution in [-0.2, 0) is 9.53 Å². The number of morpholine rings is 1. The molecule has 0 aromatic heterocycles. The fourth-order valence-electron chi connectivity index (χ4n) is 2.80. The molecule has 1 saturated carbocycles. The number of hydrogen-bond acceptors (Lipinski definition) is 4. The number of carbonyl (C=O) groups is 2. The number of carboxylic acids is 1. The lowest BCUT2D eigenvalue weighted by Crippen LogP contribution is -2.57. The first-order valence-electron chi connectivity index (χ1n) is 6.66. The van der Waals surface area contributed by atoms with E-state index in [1.165, 1.54) is 0 Å². The molecule has 1 saturated heterocycles. The topological polar surface area (TPSA) is 99.1 Å². The molecule has 108 valence electrons. The first kappa shape index (κ1) is 14.1. The number of fused-ring (bicyclic) bond motifs is 1. The highest BCUT2D eigenvalue weighted by molar-refractivity contribution is 5.82. The van der Waals surface area contributed by atoms with Crippen molar-refractivity contribution in [3.05, 3.63) is 0 Å². The Kier molecular flexibility index (Phi) is 4.60. The van der Waals surface area contributed by atoms with Crippen LogP contribution in [0.4, 0.5) is 4.79 Å². The quantitative estimate of drug-likeness (QED) is 0.657. The molecule has 2 unspecified atom stereocenters. The summed E-state index contributed by atoms with van der Waals surface area (Å²) in [6.07, 6.45) is 2.97. The average molecular weight is 272 g/mol. The Morgan fingerprint density at radius 3 is 2.89 bits per heavy atom. The van der Waals surface area contributed by atoms with Crippen LogP contribution in [0.15, 0.2) is 0 Å². The van der Waals surface area contributed by atoms with Gasteiger partial charge in [0, 0.05) is 19.6 Å². The third kappa shape index (κ3) is 3.16. The Morgan fingerprint density at radius 2 is 2.21 bits per heavy atom. The summed E-state index contributed by atoms with van der Waals surface area (Å²) in [4.78, 5) is 24.8. The second-order valence-electron chi connectivity index (χ2n) is 4.95. The van der Waals surface area contributed by atoms with Gasteiger partial charge in [0.2, 0.25) is 0 Å². The molecule has 0 aromatic rings. The van der Waals surface area contributed by atoms with Crippen LogP contribution in [0.2, 0.25) is 0 Å². The van der Waals surface area contributed by atoms with Crippen molar-refractivity contribution in [2.24, 2.45) is 0 Å². The van der Waals surface area contributed by atoms with Crippen molar-refractivity contribution in [2.45, 2.75) is 43.9 Å². The molecule has 3 N–H and O–H groups in total. The number of nitrogens with one attached hydrogen (secondary N) is 1. The fraction of sp³-hybridized carbons (Fsp3) is 0.833. The van der Waals surface area contributed by atoms with Crippen molar-refractivity contribution in [2.75, 3.05) is 19.8 Å². The molecule has 19 heavy (non-hydrogen) atoms. The van der Waals surface area contributed by atoms with E-state index in [-0.39, 0.29) is 31.2 Å². The minimum Gasteiger partial charge on any atom is -0.480 e. The predicted octanol–water partition coefficient (Wildman–Crippen LogP) is -0.215. The summed E-state index contributed by atoms with van der Waals surface area (Å²) >= 11 is 0. The van der Waals surface area contributed by atoms with E-state index < -0.39 is 12.0 Å². The van der Waals surface area contributed by atoms with Crippen molar-refractivity contribution < 1.29 is 24.5 Å². The Bertz CT molecular complexity index is 349. The van der Waals surface area contributed by atoms with Gasteiger partial charge in [0.05, 0.1) is 18.8 Å². The average Bonchev–Trinajstić information content (AvgIpc) is 2.85. The zero-order valence-corrected chi connectivity index (χ0v) is 10.7. The summed E-state index contributed by atoms with van der Waals surface area (Å²) in [5, 5.41) is 20.3. The van der Waals surface area contributed by atoms with Crippen molar-refractivity contribution in [3.63, 3.8) is 0 Å². The van der Waals surface area contributed by atoms with E-state index >= 15 is 0 Å². The standard InChI is InChI=1S/C12H20N2O5/c15-6-4-8(11(16)17)13-12(18)14-5-7-19-10-3-1-2-9(10)14/h8-10,15H,1-7H2,(H,13,18)(H,16,17)/t8-,9?,10?/m0/s1. The number of aliphatic hydroxyl groups excluding tert-OH is 1. The number of nitrogens with zero attached hydrogens (tertiary/aromatic N) is 1. The molecule has 7 heteroatoms. The molecule has 2 fully saturated rings. The first-order valence-corrected chi connectivity index (χ1v) is 6.66. The number of amides is 2. The third-order valence-corrected chi connectivity index (χ3v) is 3.76. The van der Waals surface area contributed by atoms with Crippen molar-refractivity contribution in [1.29, 1.82) is 0 Å². The van der Waals surface area contributed by atoms with Crippen LogP contribution < -0.4 is 5.32 Å². The second kappa shape index (κ2) is 6.21. The molecule has 0 radical (unpaired) electrons. The largest absolute Gasteiger partial charge is 0.480 e. The molecule has 1 heterocycles. The molecule has 1 aliphatic heterocycles. The lowest BCUT2D eigenvalue weighted by atomic mass is 10.1. The van der Waals surface area contributed by atoms with E-state index in [0.29, 0.717) is 13.2 Å². The minimum absolute atomic E-state index is 0.0134. The zero-order valence-electron chi connectivity index (χ0n) is 10.7. The van der Waals surface area contributed by atoms with Gasteiger partial charge in [-0.2, -0.15) is 0 Å². The molecule has 2 amide bonds. The maximum atomic E-state index is 12.1. The molecule has 2 aliphatic rings. The number of aliphatic carboxylic acids is 1. The molecule has 3 atom stereocenters. The maximum Gasteiger partial charge on any atom is 0.326 e. The molecule has 0 aromatic carbocycles. The molecular formula is C12H20N2O5. The van der Waals surface area contributed by atoms with Gasteiger partial charge in [-0.05, 0) is 19.3 Å². The summed E-state index contributed by atoms with van der Waals surface area (Å²) in [6, 6.07) is -1.36. The second-order valence-corrected chi connectivity index (χ2v) is 4.95. The smallest absolute Gasteiger partial charge is 0.326 e. The monoisotopic (exact) mass is 272 g/mol. The normalized spacial score (nSPS) is 27.7. The number of aliphatic hydroxyl groups is 1. The maximum absolute atomic E-state index is 12.1. The molecule has 0 spiro atoms. The molecule has 1 aliphatic carbocycles. The van der Waals surface area contributed by atoms with Gasteiger partial charge >= 0.3 is 12.0 Å². The summed E-state index contributed by atoms with van der Waals surface area (Å²) < 4.78 is 5.60. The van der Waals surface area contributed by atoms with Gasteiger partial charge in [-0.25, -0.2) is 9.59 Å². The lowest BCUT2D eigenvalue weighted by molar-refractivity contribution is -0.139. The number of carbonyl (C=O) groups excluding carboxylic acids is 1. The summed E-state index contributed by atoms with van der Waals surface area (Å²) in [6.45, 7) is 0.706. The zero-order chi connectivity index (χ0) is 13.8. The first-order chi connectivity index (χ1) is 9.13. The van der Waals surface area contributed by atoms with E-state index in [0.717, 1.165) is 19.3 Å². The van der Waals surface area contributed by atoms with Crippen LogP contribution in [0, 0.1) is 0 Å². The van der Waals surface area contributed by atoms with Gasteiger partial charge in [-0.15, -0.1) is 0 Å². The van der Waals surface area contributed by atoms with Crippen LogP contribution in [0.25, 0.3) is 0 Å². The lowest BCUT2D eigenvalue weighted by Gasteiger charge is -2.38. The van der Waals surface area contributed by atoms with Crippen LogP contribution >= 0.6 is 0 Å². The van der Waals surface area contributed by atoms with Crippen molar-refractivity contribution in [1.82, 2.24) is 10.2 Å². The Balaban J connectivity index is 1.96. The van der Waals surface area contributed by atoms with Gasteiger partial charge in [0.1, 0.15) is 6.04 Å². The SMILES string of the molecule is O=C(O)[C@H](CCO)NC(=O)N1CCOC2CCCC21. The van der Waals surface area contributed by atoms with E-state index in [4.69, 9.17) is 14.9 Å². The number of carboxylic acid groups (broad SMARTS) is 1. The minimum atomic E-state index is -1.13. The number of hydrogen-bond donors (Lipinski definition) is 3. The number of ether oxygens (including phenoxy) is 1. The molecule has 7 nitrogen and oxygen atoms in total. The molecule has 2 rings (SSSR count). The summed E-state index contributed by atoms with van der Waals surface area (Å²) in [7, 11) is 0. The number of rotatable bonds is 4. The van der Waals surface area contributed by atoms with Crippen LogP contribution in [-0.4, -0.2) is 65.1 Å². The van der Waals surface area contributed by atoms with Crippen LogP contribution in [0.1, 0.15) is 25.7 Å². The molecule has 0 bridgehead atoms. The third-order valence-electron chi connectivity index (χ3n) is 3.76. The van der Waals surface area contributed by atoms with E-state index in [2.05, 4.69) is 5.32 Å². The highest BCUT2D eigenvalue weighted by atomic mass is 16.5. The van der Waals surface area contributed by atoms with Crippen LogP contribution in [0.3, 0.4) is 0 Å². The highest BCUT2D eigenvalue weighted by Gasteiger charge is 2.39. The summed E-state index contributed by atoms with van der Waals surface area (Å²) in [5.74, 6) is -1.13. The van der Waals surface area contributed by atoms with E-state index in [1.54, 1.807) is 4.90 Å². The Morgan fingerprint density at radius 1 is 1.42 bits per heavy atom. The van der Waals surface area contributed by atoms with Gasteiger partial charge in [-0.3, -0.25) is 0 Å². The summed E-state index contributed by atoms with van der Waals surface area (Å²) in [5.41, 5.74) is 0. The van der Waals surface area contributed by atoms with Crippen molar-refractivity contribution >= 4 is 12.0 Å². The Labute approximate surface area is 111 Å². The highest BCUT2D eigenvalue weighted by Crippen LogP contribution is 2.29. The van der Waals surface area contributed by atoms with Gasteiger partial charge in [0.15, 0.2) is 0 Å². The van der Waals surface area contributed by atoms with Gasteiger partial charge in [-0.1, -0.05) is 0 Å². The van der Waals surface area contributed by atoms with E-state index in [1.807, 2.05) is 0 Å². The van der Waals surface area contributed by atoms with E-state index in [9.17, 15) is 9.59 Å². The van der Waals surface area contributed by atoms with Gasteiger partial charge < -0.3 is 25.2 Å². The van der Waals surface area contributed by atoms with Crippen LogP contribution in [0.5, 0.6) is 0 Å². The number of urea groups is 1. The fourth-order valence-corrected chi connectivity index (χ4v) is 2.80. The van der Waals surface area contributed by atoms with Crippen molar-refractivity contribution in [3.8, 4) is 0 Å². The van der Waals surface area contributed by atoms with Gasteiger partial charge in [0.25, 0.3) is 0 Å².